The predicted molar refractivity (Wildman–Crippen MR) is 46.0 cm³/mol. The van der Waals surface area contributed by atoms with Gasteiger partial charge in [-0.05, 0) is 25.8 Å². The Balaban J connectivity index is 1.94. The van der Waals surface area contributed by atoms with E-state index in [2.05, 4.69) is 5.32 Å². The van der Waals surface area contributed by atoms with Gasteiger partial charge in [0.1, 0.15) is 0 Å². The molecule has 0 radical (unpaired) electrons. The fourth-order valence-electron chi connectivity index (χ4n) is 2.28. The third-order valence-electron chi connectivity index (χ3n) is 3.00. The molecule has 0 saturated carbocycles. The summed E-state index contributed by atoms with van der Waals surface area (Å²) in [6.45, 7) is 2.07. The van der Waals surface area contributed by atoms with Gasteiger partial charge >= 0.3 is 0 Å². The predicted octanol–water partition coefficient (Wildman–Crippen LogP) is 0.280. The average molecular weight is 171 g/mol. The van der Waals surface area contributed by atoms with Crippen LogP contribution in [-0.4, -0.2) is 36.5 Å². The van der Waals surface area contributed by atoms with E-state index in [9.17, 15) is 0 Å². The van der Waals surface area contributed by atoms with Crippen LogP contribution in [0.4, 0.5) is 0 Å². The van der Waals surface area contributed by atoms with Crippen molar-refractivity contribution in [2.75, 3.05) is 19.8 Å². The van der Waals surface area contributed by atoms with Gasteiger partial charge in [-0.1, -0.05) is 6.42 Å². The smallest absolute Gasteiger partial charge is 0.0825 e. The Hall–Kier alpha value is -0.120. The van der Waals surface area contributed by atoms with Crippen LogP contribution in [0.15, 0.2) is 0 Å². The average Bonchev–Trinajstić information content (AvgIpc) is 2.50. The molecule has 0 amide bonds. The van der Waals surface area contributed by atoms with E-state index in [4.69, 9.17) is 9.84 Å². The van der Waals surface area contributed by atoms with Crippen LogP contribution in [0.1, 0.15) is 25.7 Å². The topological polar surface area (TPSA) is 41.5 Å². The Labute approximate surface area is 73.1 Å². The number of hydrogen-bond donors (Lipinski definition) is 2. The maximum atomic E-state index is 8.93. The second kappa shape index (κ2) is 3.32. The molecule has 3 heteroatoms. The van der Waals surface area contributed by atoms with Crippen molar-refractivity contribution in [3.05, 3.63) is 0 Å². The van der Waals surface area contributed by atoms with Gasteiger partial charge in [-0.2, -0.15) is 0 Å². The quantitative estimate of drug-likeness (QED) is 0.595. The Morgan fingerprint density at radius 3 is 3.00 bits per heavy atom. The van der Waals surface area contributed by atoms with Crippen LogP contribution in [0.2, 0.25) is 0 Å². The summed E-state index contributed by atoms with van der Waals surface area (Å²) >= 11 is 0. The summed E-state index contributed by atoms with van der Waals surface area (Å²) in [6, 6.07) is 0. The van der Waals surface area contributed by atoms with E-state index in [1.165, 1.54) is 19.3 Å². The van der Waals surface area contributed by atoms with Gasteiger partial charge in [-0.3, -0.25) is 0 Å². The Bertz CT molecular complexity index is 155. The maximum Gasteiger partial charge on any atom is 0.0825 e. The van der Waals surface area contributed by atoms with Crippen molar-refractivity contribution in [2.45, 2.75) is 37.3 Å². The van der Waals surface area contributed by atoms with Gasteiger partial charge in [0.25, 0.3) is 0 Å². The number of nitrogens with one attached hydrogen (secondary N) is 1. The molecular formula is C9H17NO2. The molecule has 1 spiro atoms. The summed E-state index contributed by atoms with van der Waals surface area (Å²) in [5.74, 6) is 0. The van der Waals surface area contributed by atoms with Gasteiger partial charge in [-0.15, -0.1) is 0 Å². The maximum absolute atomic E-state index is 8.93. The first-order chi connectivity index (χ1) is 5.85. The van der Waals surface area contributed by atoms with Crippen molar-refractivity contribution in [3.8, 4) is 0 Å². The summed E-state index contributed by atoms with van der Waals surface area (Å²) in [5.41, 5.74) is 0.214. The standard InChI is InChI=1S/C9H17NO2/c11-6-8-5-9(7-12-8)3-1-2-4-10-9/h8,10-11H,1-7H2. The molecule has 2 saturated heterocycles. The van der Waals surface area contributed by atoms with E-state index in [-0.39, 0.29) is 18.2 Å². The summed E-state index contributed by atoms with van der Waals surface area (Å²) in [5, 5.41) is 12.4. The Kier molecular flexibility index (Phi) is 2.35. The minimum Gasteiger partial charge on any atom is -0.394 e. The van der Waals surface area contributed by atoms with Gasteiger partial charge in [0.15, 0.2) is 0 Å². The monoisotopic (exact) mass is 171 g/mol. The summed E-state index contributed by atoms with van der Waals surface area (Å²) in [4.78, 5) is 0. The van der Waals surface area contributed by atoms with E-state index in [0.29, 0.717) is 0 Å². The van der Waals surface area contributed by atoms with Crippen LogP contribution in [0, 0.1) is 0 Å². The van der Waals surface area contributed by atoms with E-state index >= 15 is 0 Å². The lowest BCUT2D eigenvalue weighted by Crippen LogP contribution is -2.49. The van der Waals surface area contributed by atoms with Crippen LogP contribution in [0.25, 0.3) is 0 Å². The summed E-state index contributed by atoms with van der Waals surface area (Å²) in [7, 11) is 0. The highest BCUT2D eigenvalue weighted by molar-refractivity contribution is 4.97. The highest BCUT2D eigenvalue weighted by Gasteiger charge is 2.40. The van der Waals surface area contributed by atoms with Crippen LogP contribution in [0.3, 0.4) is 0 Å². The molecule has 2 unspecified atom stereocenters. The fourth-order valence-corrected chi connectivity index (χ4v) is 2.28. The molecule has 2 aliphatic rings. The molecular weight excluding hydrogens is 154 g/mol. The summed E-state index contributed by atoms with van der Waals surface area (Å²) in [6.07, 6.45) is 4.86. The normalized spacial score (nSPS) is 42.2. The minimum absolute atomic E-state index is 0.0793. The molecule has 2 fully saturated rings. The Morgan fingerprint density at radius 2 is 2.42 bits per heavy atom. The summed E-state index contributed by atoms with van der Waals surface area (Å²) < 4.78 is 5.48. The van der Waals surface area contributed by atoms with Gasteiger partial charge in [0.2, 0.25) is 0 Å². The second-order valence-electron chi connectivity index (χ2n) is 3.98. The van der Waals surface area contributed by atoms with Crippen molar-refractivity contribution in [2.24, 2.45) is 0 Å². The first-order valence-corrected chi connectivity index (χ1v) is 4.82. The molecule has 0 aromatic heterocycles. The third-order valence-corrected chi connectivity index (χ3v) is 3.00. The fraction of sp³-hybridized carbons (Fsp3) is 1.00. The van der Waals surface area contributed by atoms with Gasteiger partial charge < -0.3 is 15.2 Å². The highest BCUT2D eigenvalue weighted by Crippen LogP contribution is 2.31. The van der Waals surface area contributed by atoms with Crippen LogP contribution >= 0.6 is 0 Å². The molecule has 2 heterocycles. The molecule has 2 rings (SSSR count). The molecule has 2 N–H and O–H groups in total. The van der Waals surface area contributed by atoms with Crippen molar-refractivity contribution >= 4 is 0 Å². The molecule has 2 atom stereocenters. The van der Waals surface area contributed by atoms with Crippen molar-refractivity contribution in [1.82, 2.24) is 5.32 Å². The molecule has 12 heavy (non-hydrogen) atoms. The zero-order chi connectivity index (χ0) is 8.44. The van der Waals surface area contributed by atoms with Gasteiger partial charge in [-0.25, -0.2) is 0 Å². The van der Waals surface area contributed by atoms with Gasteiger partial charge in [0.05, 0.1) is 19.3 Å². The van der Waals surface area contributed by atoms with Crippen LogP contribution in [-0.2, 0) is 4.74 Å². The zero-order valence-electron chi connectivity index (χ0n) is 7.38. The first-order valence-electron chi connectivity index (χ1n) is 4.82. The molecule has 2 aliphatic heterocycles. The third kappa shape index (κ3) is 1.49. The van der Waals surface area contributed by atoms with E-state index < -0.39 is 0 Å². The van der Waals surface area contributed by atoms with E-state index in [1.54, 1.807) is 0 Å². The van der Waals surface area contributed by atoms with Crippen molar-refractivity contribution in [1.29, 1.82) is 0 Å². The first kappa shape index (κ1) is 8.48. The SMILES string of the molecule is OCC1CC2(CCCCN2)CO1. The van der Waals surface area contributed by atoms with E-state index in [0.717, 1.165) is 19.6 Å². The van der Waals surface area contributed by atoms with Crippen molar-refractivity contribution < 1.29 is 9.84 Å². The lowest BCUT2D eigenvalue weighted by atomic mass is 9.87. The number of hydrogen-bond acceptors (Lipinski definition) is 3. The number of aliphatic hydroxyl groups excluding tert-OH is 1. The largest absolute Gasteiger partial charge is 0.394 e. The lowest BCUT2D eigenvalue weighted by Gasteiger charge is -2.33. The lowest BCUT2D eigenvalue weighted by molar-refractivity contribution is 0.0538. The molecule has 3 nitrogen and oxygen atoms in total. The number of aliphatic hydroxyl groups is 1. The Morgan fingerprint density at radius 1 is 1.50 bits per heavy atom. The highest BCUT2D eigenvalue weighted by atomic mass is 16.5. The number of rotatable bonds is 1. The van der Waals surface area contributed by atoms with E-state index in [1.807, 2.05) is 0 Å². The molecule has 0 aromatic carbocycles. The molecule has 70 valence electrons. The minimum atomic E-state index is 0.0793. The van der Waals surface area contributed by atoms with Gasteiger partial charge in [0, 0.05) is 5.54 Å². The van der Waals surface area contributed by atoms with Crippen LogP contribution in [0.5, 0.6) is 0 Å². The molecule has 0 bridgehead atoms. The number of piperidine rings is 1. The molecule has 0 aliphatic carbocycles. The number of ether oxygens (including phenoxy) is 1. The zero-order valence-corrected chi connectivity index (χ0v) is 7.38. The van der Waals surface area contributed by atoms with Crippen molar-refractivity contribution in [3.63, 3.8) is 0 Å². The van der Waals surface area contributed by atoms with Crippen LogP contribution < -0.4 is 5.32 Å². The second-order valence-corrected chi connectivity index (χ2v) is 3.98. The molecule has 0 aromatic rings.